The molecule has 1 fully saturated rings. The van der Waals surface area contributed by atoms with Crippen molar-refractivity contribution in [2.24, 2.45) is 0 Å². The van der Waals surface area contributed by atoms with E-state index in [0.29, 0.717) is 11.1 Å². The quantitative estimate of drug-likeness (QED) is 0.406. The van der Waals surface area contributed by atoms with Gasteiger partial charge in [-0.05, 0) is 66.8 Å². The molecule has 4 nitrogen and oxygen atoms in total. The number of fused-ring (bicyclic) bond motifs is 2. The molecule has 31 heavy (non-hydrogen) atoms. The van der Waals surface area contributed by atoms with Gasteiger partial charge in [0.15, 0.2) is 0 Å². The van der Waals surface area contributed by atoms with Crippen LogP contribution in [0, 0.1) is 0 Å². The van der Waals surface area contributed by atoms with Crippen molar-refractivity contribution in [3.63, 3.8) is 0 Å². The molecule has 1 aliphatic rings. The number of halogens is 1. The first-order chi connectivity index (χ1) is 15.2. The summed E-state index contributed by atoms with van der Waals surface area (Å²) >= 11 is 6.10. The molecule has 0 bridgehead atoms. The Morgan fingerprint density at radius 1 is 0.871 bits per heavy atom. The Morgan fingerprint density at radius 3 is 2.52 bits per heavy atom. The van der Waals surface area contributed by atoms with Crippen LogP contribution in [0.1, 0.15) is 36.0 Å². The van der Waals surface area contributed by atoms with E-state index < -0.39 is 0 Å². The summed E-state index contributed by atoms with van der Waals surface area (Å²) in [6.45, 7) is 0. The summed E-state index contributed by atoms with van der Waals surface area (Å²) in [5.74, 6) is 0.0187. The molecule has 1 amide bonds. The highest BCUT2D eigenvalue weighted by atomic mass is 35.5. The Balaban J connectivity index is 1.22. The van der Waals surface area contributed by atoms with Gasteiger partial charge < -0.3 is 10.6 Å². The molecular weight excluding hydrogens is 406 g/mol. The Morgan fingerprint density at radius 2 is 1.65 bits per heavy atom. The molecule has 2 N–H and O–H groups in total. The molecule has 0 aliphatic heterocycles. The number of hydrogen-bond acceptors (Lipinski definition) is 3. The number of anilines is 1. The van der Waals surface area contributed by atoms with Crippen molar-refractivity contribution in [3.8, 4) is 0 Å². The summed E-state index contributed by atoms with van der Waals surface area (Å²) in [6, 6.07) is 22.3. The standard InChI is InChI=1S/C26H24ClN3O/c27-18-8-13-23-24(14-15-28-25(23)16-18)29-19-9-11-20(12-10-19)30-26(31)22-7-3-5-17-4-1-2-6-21(17)22/h1-8,13-16,19-20H,9-12H2,(H,28,29)(H,30,31)/t19-,20+. The first-order valence-electron chi connectivity index (χ1n) is 10.8. The summed E-state index contributed by atoms with van der Waals surface area (Å²) in [5, 5.41) is 10.8. The molecule has 1 aliphatic carbocycles. The van der Waals surface area contributed by atoms with Crippen LogP contribution < -0.4 is 10.6 Å². The monoisotopic (exact) mass is 429 g/mol. The molecule has 0 spiro atoms. The van der Waals surface area contributed by atoms with E-state index in [9.17, 15) is 4.79 Å². The highest BCUT2D eigenvalue weighted by Gasteiger charge is 2.23. The molecule has 0 atom stereocenters. The summed E-state index contributed by atoms with van der Waals surface area (Å²) in [7, 11) is 0. The van der Waals surface area contributed by atoms with Gasteiger partial charge in [0.25, 0.3) is 5.91 Å². The minimum atomic E-state index is 0.0187. The molecular formula is C26H24ClN3O. The van der Waals surface area contributed by atoms with E-state index >= 15 is 0 Å². The number of amides is 1. The number of pyridine rings is 1. The fraction of sp³-hybridized carbons (Fsp3) is 0.231. The van der Waals surface area contributed by atoms with Gasteiger partial charge in [0.05, 0.1) is 5.52 Å². The number of nitrogens with zero attached hydrogens (tertiary/aromatic N) is 1. The zero-order valence-electron chi connectivity index (χ0n) is 17.1. The second kappa shape index (κ2) is 8.56. The molecule has 156 valence electrons. The Kier molecular flexibility index (Phi) is 5.47. The van der Waals surface area contributed by atoms with Crippen molar-refractivity contribution in [2.75, 3.05) is 5.32 Å². The van der Waals surface area contributed by atoms with Crippen LogP contribution in [0.25, 0.3) is 21.7 Å². The molecule has 0 radical (unpaired) electrons. The maximum atomic E-state index is 12.9. The van der Waals surface area contributed by atoms with Gasteiger partial charge in [0.1, 0.15) is 0 Å². The lowest BCUT2D eigenvalue weighted by molar-refractivity contribution is 0.0928. The third-order valence-electron chi connectivity index (χ3n) is 6.16. The van der Waals surface area contributed by atoms with Crippen LogP contribution in [-0.4, -0.2) is 23.0 Å². The van der Waals surface area contributed by atoms with Gasteiger partial charge >= 0.3 is 0 Å². The zero-order valence-corrected chi connectivity index (χ0v) is 17.9. The molecule has 3 aromatic carbocycles. The van der Waals surface area contributed by atoms with Crippen LogP contribution in [0.5, 0.6) is 0 Å². The van der Waals surface area contributed by atoms with Crippen LogP contribution in [0.3, 0.4) is 0 Å². The third-order valence-corrected chi connectivity index (χ3v) is 6.40. The summed E-state index contributed by atoms with van der Waals surface area (Å²) in [5.41, 5.74) is 2.73. The molecule has 5 heteroatoms. The average molecular weight is 430 g/mol. The van der Waals surface area contributed by atoms with Crippen LogP contribution in [0.2, 0.25) is 5.02 Å². The lowest BCUT2D eigenvalue weighted by Gasteiger charge is -2.30. The number of carbonyl (C=O) groups is 1. The lowest BCUT2D eigenvalue weighted by Crippen LogP contribution is -2.40. The van der Waals surface area contributed by atoms with Crippen molar-refractivity contribution in [3.05, 3.63) is 83.5 Å². The number of benzene rings is 3. The SMILES string of the molecule is O=C(N[C@H]1CC[C@@H](Nc2ccnc3cc(Cl)ccc23)CC1)c1cccc2ccccc12. The average Bonchev–Trinajstić information content (AvgIpc) is 2.80. The highest BCUT2D eigenvalue weighted by Crippen LogP contribution is 2.28. The molecule has 5 rings (SSSR count). The van der Waals surface area contributed by atoms with Gasteiger partial charge in [-0.2, -0.15) is 0 Å². The molecule has 0 unspecified atom stereocenters. The van der Waals surface area contributed by atoms with Crippen molar-refractivity contribution in [1.29, 1.82) is 0 Å². The Labute approximate surface area is 186 Å². The predicted octanol–water partition coefficient (Wildman–Crippen LogP) is 6.19. The van der Waals surface area contributed by atoms with Crippen LogP contribution in [0.15, 0.2) is 72.9 Å². The number of carbonyl (C=O) groups excluding carboxylic acids is 1. The van der Waals surface area contributed by atoms with Crippen LogP contribution in [-0.2, 0) is 0 Å². The number of rotatable bonds is 4. The van der Waals surface area contributed by atoms with Crippen LogP contribution >= 0.6 is 11.6 Å². The predicted molar refractivity (Wildman–Crippen MR) is 128 cm³/mol. The maximum absolute atomic E-state index is 12.9. The van der Waals surface area contributed by atoms with E-state index in [-0.39, 0.29) is 11.9 Å². The summed E-state index contributed by atoms with van der Waals surface area (Å²) < 4.78 is 0. The van der Waals surface area contributed by atoms with Gasteiger partial charge in [-0.15, -0.1) is 0 Å². The minimum absolute atomic E-state index is 0.0187. The molecule has 1 saturated carbocycles. The normalized spacial score (nSPS) is 18.7. The smallest absolute Gasteiger partial charge is 0.252 e. The largest absolute Gasteiger partial charge is 0.382 e. The van der Waals surface area contributed by atoms with Crippen LogP contribution in [0.4, 0.5) is 5.69 Å². The van der Waals surface area contributed by atoms with Gasteiger partial charge in [0.2, 0.25) is 0 Å². The summed E-state index contributed by atoms with van der Waals surface area (Å²) in [6.07, 6.45) is 5.76. The fourth-order valence-electron chi connectivity index (χ4n) is 4.54. The Bertz CT molecular complexity index is 1240. The molecule has 1 heterocycles. The second-order valence-corrected chi connectivity index (χ2v) is 8.65. The zero-order chi connectivity index (χ0) is 21.2. The van der Waals surface area contributed by atoms with Crippen molar-refractivity contribution in [2.45, 2.75) is 37.8 Å². The maximum Gasteiger partial charge on any atom is 0.252 e. The fourth-order valence-corrected chi connectivity index (χ4v) is 4.70. The van der Waals surface area contributed by atoms with Crippen molar-refractivity contribution >= 4 is 44.9 Å². The highest BCUT2D eigenvalue weighted by molar-refractivity contribution is 6.31. The summed E-state index contributed by atoms with van der Waals surface area (Å²) in [4.78, 5) is 17.3. The van der Waals surface area contributed by atoms with Gasteiger partial charge in [-0.3, -0.25) is 9.78 Å². The lowest BCUT2D eigenvalue weighted by atomic mass is 9.90. The van der Waals surface area contributed by atoms with E-state index in [1.807, 2.05) is 72.9 Å². The van der Waals surface area contributed by atoms with E-state index in [1.165, 1.54) is 0 Å². The minimum Gasteiger partial charge on any atom is -0.382 e. The van der Waals surface area contributed by atoms with E-state index in [2.05, 4.69) is 15.6 Å². The number of nitrogens with one attached hydrogen (secondary N) is 2. The molecule has 1 aromatic heterocycles. The second-order valence-electron chi connectivity index (χ2n) is 8.21. The van der Waals surface area contributed by atoms with E-state index in [1.54, 1.807) is 0 Å². The number of aromatic nitrogens is 1. The van der Waals surface area contributed by atoms with Gasteiger partial charge in [-0.1, -0.05) is 48.0 Å². The molecule has 0 saturated heterocycles. The Hall–Kier alpha value is -3.11. The first kappa shape index (κ1) is 19.8. The first-order valence-corrected chi connectivity index (χ1v) is 11.1. The van der Waals surface area contributed by atoms with Gasteiger partial charge in [0, 0.05) is 39.9 Å². The third kappa shape index (κ3) is 4.21. The van der Waals surface area contributed by atoms with Crippen molar-refractivity contribution in [1.82, 2.24) is 10.3 Å². The topological polar surface area (TPSA) is 54.0 Å². The number of hydrogen-bond donors (Lipinski definition) is 2. The van der Waals surface area contributed by atoms with E-state index in [0.717, 1.165) is 58.6 Å². The van der Waals surface area contributed by atoms with Gasteiger partial charge in [-0.25, -0.2) is 0 Å². The van der Waals surface area contributed by atoms with E-state index in [4.69, 9.17) is 11.6 Å². The van der Waals surface area contributed by atoms with Crippen molar-refractivity contribution < 1.29 is 4.79 Å². The molecule has 4 aromatic rings.